The van der Waals surface area contributed by atoms with Gasteiger partial charge in [0, 0.05) is 12.1 Å². The number of benzene rings is 1. The van der Waals surface area contributed by atoms with Gasteiger partial charge in [0.1, 0.15) is 5.84 Å². The van der Waals surface area contributed by atoms with E-state index in [4.69, 9.17) is 10.5 Å². The molecule has 0 atom stereocenters. The molecule has 0 bridgehead atoms. The van der Waals surface area contributed by atoms with Crippen LogP contribution >= 0.6 is 0 Å². The molecule has 2 N–H and O–H groups in total. The molecular formula is C11H15FN2O. The molecule has 0 unspecified atom stereocenters. The molecule has 0 spiro atoms. The minimum Gasteiger partial charge on any atom is -0.494 e. The number of nitrogens with zero attached hydrogens (tertiary/aromatic N) is 1. The van der Waals surface area contributed by atoms with E-state index in [9.17, 15) is 4.39 Å². The lowest BCUT2D eigenvalue weighted by Gasteiger charge is -2.05. The van der Waals surface area contributed by atoms with Crippen LogP contribution in [0.3, 0.4) is 0 Å². The highest BCUT2D eigenvalue weighted by atomic mass is 19.1. The second-order valence-corrected chi connectivity index (χ2v) is 3.12. The number of rotatable bonds is 4. The van der Waals surface area contributed by atoms with Crippen LogP contribution in [0.25, 0.3) is 0 Å². The minimum absolute atomic E-state index is 0.183. The highest BCUT2D eigenvalue weighted by molar-refractivity contribution is 5.97. The van der Waals surface area contributed by atoms with Crippen molar-refractivity contribution in [3.05, 3.63) is 29.6 Å². The summed E-state index contributed by atoms with van der Waals surface area (Å²) in [5.41, 5.74) is 6.41. The molecule has 0 heterocycles. The molecule has 0 aromatic heterocycles. The molecule has 1 aromatic carbocycles. The van der Waals surface area contributed by atoms with E-state index in [0.29, 0.717) is 17.9 Å². The number of aliphatic imine (C=N–C) groups is 1. The lowest BCUT2D eigenvalue weighted by atomic mass is 10.2. The highest BCUT2D eigenvalue weighted by Gasteiger charge is 2.05. The molecule has 3 nitrogen and oxygen atoms in total. The van der Waals surface area contributed by atoms with E-state index in [1.54, 1.807) is 12.1 Å². The van der Waals surface area contributed by atoms with E-state index < -0.39 is 5.82 Å². The van der Waals surface area contributed by atoms with E-state index in [0.717, 1.165) is 6.42 Å². The zero-order valence-corrected chi connectivity index (χ0v) is 8.96. The van der Waals surface area contributed by atoms with Crippen molar-refractivity contribution in [1.82, 2.24) is 0 Å². The van der Waals surface area contributed by atoms with Gasteiger partial charge in [0.25, 0.3) is 0 Å². The van der Waals surface area contributed by atoms with Gasteiger partial charge in [-0.1, -0.05) is 6.92 Å². The number of amidine groups is 1. The molecule has 0 fully saturated rings. The zero-order chi connectivity index (χ0) is 11.3. The molecule has 0 radical (unpaired) electrons. The average Bonchev–Trinajstić information content (AvgIpc) is 2.26. The number of hydrogen-bond acceptors (Lipinski definition) is 2. The first-order chi connectivity index (χ1) is 7.19. The summed E-state index contributed by atoms with van der Waals surface area (Å²) in [6.07, 6.45) is 0.930. The highest BCUT2D eigenvalue weighted by Crippen LogP contribution is 2.17. The lowest BCUT2D eigenvalue weighted by molar-refractivity contribution is 0.386. The number of ether oxygens (including phenoxy) is 1. The summed E-state index contributed by atoms with van der Waals surface area (Å²) in [5.74, 6) is 0.196. The van der Waals surface area contributed by atoms with Gasteiger partial charge in [0.2, 0.25) is 0 Å². The number of hydrogen-bond donors (Lipinski definition) is 1. The second-order valence-electron chi connectivity index (χ2n) is 3.12. The maximum absolute atomic E-state index is 13.1. The van der Waals surface area contributed by atoms with Crippen molar-refractivity contribution in [1.29, 1.82) is 0 Å². The molecule has 0 aliphatic rings. The van der Waals surface area contributed by atoms with Crippen LogP contribution in [0, 0.1) is 5.82 Å². The smallest absolute Gasteiger partial charge is 0.165 e. The Morgan fingerprint density at radius 2 is 2.27 bits per heavy atom. The molecule has 4 heteroatoms. The Labute approximate surface area is 88.8 Å². The molecule has 0 aliphatic carbocycles. The summed E-state index contributed by atoms with van der Waals surface area (Å²) in [4.78, 5) is 4.13. The van der Waals surface area contributed by atoms with Crippen molar-refractivity contribution in [3.8, 4) is 5.75 Å². The predicted octanol–water partition coefficient (Wildman–Crippen LogP) is 1.95. The normalized spacial score (nSPS) is 11.5. The Morgan fingerprint density at radius 1 is 1.53 bits per heavy atom. The van der Waals surface area contributed by atoms with Crippen molar-refractivity contribution in [2.24, 2.45) is 10.7 Å². The monoisotopic (exact) mass is 210 g/mol. The number of nitrogens with two attached hydrogens (primary N) is 1. The second kappa shape index (κ2) is 5.34. The summed E-state index contributed by atoms with van der Waals surface area (Å²) in [5, 5.41) is 0. The third kappa shape index (κ3) is 2.94. The van der Waals surface area contributed by atoms with Crippen molar-refractivity contribution < 1.29 is 9.13 Å². The van der Waals surface area contributed by atoms with Gasteiger partial charge >= 0.3 is 0 Å². The van der Waals surface area contributed by atoms with Gasteiger partial charge < -0.3 is 10.5 Å². The Bertz CT molecular complexity index is 364. The molecule has 0 aliphatic heterocycles. The third-order valence-electron chi connectivity index (χ3n) is 1.95. The number of halogens is 1. The molecule has 15 heavy (non-hydrogen) atoms. The fraction of sp³-hybridized carbons (Fsp3) is 0.364. The molecule has 0 saturated heterocycles. The summed E-state index contributed by atoms with van der Waals surface area (Å²) < 4.78 is 17.9. The van der Waals surface area contributed by atoms with Gasteiger partial charge in [-0.3, -0.25) is 4.99 Å². The number of methoxy groups -OCH3 is 1. The van der Waals surface area contributed by atoms with Crippen LogP contribution in [0.15, 0.2) is 23.2 Å². The molecule has 1 rings (SSSR count). The van der Waals surface area contributed by atoms with Crippen molar-refractivity contribution in [2.45, 2.75) is 13.3 Å². The van der Waals surface area contributed by atoms with Crippen LogP contribution in [0.1, 0.15) is 18.9 Å². The first-order valence-electron chi connectivity index (χ1n) is 4.83. The summed E-state index contributed by atoms with van der Waals surface area (Å²) in [6, 6.07) is 4.46. The van der Waals surface area contributed by atoms with E-state index in [1.807, 2.05) is 6.92 Å². The SMILES string of the molecule is CCCN=C(N)c1ccc(F)c(OC)c1. The van der Waals surface area contributed by atoms with E-state index in [2.05, 4.69) is 4.99 Å². The third-order valence-corrected chi connectivity index (χ3v) is 1.95. The largest absolute Gasteiger partial charge is 0.494 e. The van der Waals surface area contributed by atoms with Crippen molar-refractivity contribution in [3.63, 3.8) is 0 Å². The first kappa shape index (κ1) is 11.5. The van der Waals surface area contributed by atoms with Gasteiger partial charge in [-0.15, -0.1) is 0 Å². The van der Waals surface area contributed by atoms with E-state index >= 15 is 0 Å². The predicted molar refractivity (Wildman–Crippen MR) is 58.8 cm³/mol. The van der Waals surface area contributed by atoms with Crippen LogP contribution in [0.5, 0.6) is 5.75 Å². The van der Waals surface area contributed by atoms with Gasteiger partial charge in [0.15, 0.2) is 11.6 Å². The van der Waals surface area contributed by atoms with Crippen LogP contribution in [-0.4, -0.2) is 19.5 Å². The van der Waals surface area contributed by atoms with Gasteiger partial charge in [-0.05, 0) is 24.6 Å². The van der Waals surface area contributed by atoms with E-state index in [-0.39, 0.29) is 5.75 Å². The van der Waals surface area contributed by atoms with Crippen molar-refractivity contribution in [2.75, 3.05) is 13.7 Å². The molecule has 0 amide bonds. The summed E-state index contributed by atoms with van der Waals surface area (Å²) in [7, 11) is 1.42. The Kier molecular flexibility index (Phi) is 4.09. The Balaban J connectivity index is 2.95. The maximum Gasteiger partial charge on any atom is 0.165 e. The molecule has 82 valence electrons. The van der Waals surface area contributed by atoms with Gasteiger partial charge in [-0.2, -0.15) is 0 Å². The fourth-order valence-electron chi connectivity index (χ4n) is 1.14. The Hall–Kier alpha value is -1.58. The summed E-state index contributed by atoms with van der Waals surface area (Å²) in [6.45, 7) is 2.69. The quantitative estimate of drug-likeness (QED) is 0.610. The van der Waals surface area contributed by atoms with Crippen LogP contribution in [0.4, 0.5) is 4.39 Å². The van der Waals surface area contributed by atoms with Crippen LogP contribution in [0.2, 0.25) is 0 Å². The summed E-state index contributed by atoms with van der Waals surface area (Å²) >= 11 is 0. The maximum atomic E-state index is 13.1. The van der Waals surface area contributed by atoms with Crippen LogP contribution in [-0.2, 0) is 0 Å². The Morgan fingerprint density at radius 3 is 2.87 bits per heavy atom. The zero-order valence-electron chi connectivity index (χ0n) is 8.96. The minimum atomic E-state index is -0.399. The standard InChI is InChI=1S/C11H15FN2O/c1-3-6-14-11(13)8-4-5-9(12)10(7-8)15-2/h4-5,7H,3,6H2,1-2H3,(H2,13,14). The topological polar surface area (TPSA) is 47.6 Å². The van der Waals surface area contributed by atoms with E-state index in [1.165, 1.54) is 13.2 Å². The van der Waals surface area contributed by atoms with Crippen molar-refractivity contribution >= 4 is 5.84 Å². The average molecular weight is 210 g/mol. The molecular weight excluding hydrogens is 195 g/mol. The molecule has 0 saturated carbocycles. The van der Waals surface area contributed by atoms with Gasteiger partial charge in [-0.25, -0.2) is 4.39 Å². The fourth-order valence-corrected chi connectivity index (χ4v) is 1.14. The van der Waals surface area contributed by atoms with Gasteiger partial charge in [0.05, 0.1) is 7.11 Å². The molecule has 1 aromatic rings. The lowest BCUT2D eigenvalue weighted by Crippen LogP contribution is -2.14. The van der Waals surface area contributed by atoms with Crippen LogP contribution < -0.4 is 10.5 Å². The first-order valence-corrected chi connectivity index (χ1v) is 4.83.